The van der Waals surface area contributed by atoms with E-state index in [-0.39, 0.29) is 25.0 Å². The van der Waals surface area contributed by atoms with E-state index >= 15 is 0 Å². The van der Waals surface area contributed by atoms with Crippen LogP contribution in [0.2, 0.25) is 0 Å². The highest BCUT2D eigenvalue weighted by molar-refractivity contribution is 9.10. The van der Waals surface area contributed by atoms with Crippen LogP contribution in [0.25, 0.3) is 10.9 Å². The fourth-order valence-electron chi connectivity index (χ4n) is 3.44. The van der Waals surface area contributed by atoms with Gasteiger partial charge in [0.15, 0.2) is 0 Å². The van der Waals surface area contributed by atoms with Crippen molar-refractivity contribution in [2.24, 2.45) is 4.99 Å². The van der Waals surface area contributed by atoms with Gasteiger partial charge in [-0.05, 0) is 31.0 Å². The summed E-state index contributed by atoms with van der Waals surface area (Å²) in [5.74, 6) is -0.497. The lowest BCUT2D eigenvalue weighted by molar-refractivity contribution is -0.138. The van der Waals surface area contributed by atoms with Gasteiger partial charge in [0, 0.05) is 30.5 Å². The lowest BCUT2D eigenvalue weighted by Crippen LogP contribution is -2.34. The molecule has 30 heavy (non-hydrogen) atoms. The van der Waals surface area contributed by atoms with Crippen molar-refractivity contribution >= 4 is 50.9 Å². The minimum atomic E-state index is -0.874. The van der Waals surface area contributed by atoms with E-state index in [1.54, 1.807) is 11.0 Å². The highest BCUT2D eigenvalue weighted by Gasteiger charge is 2.27. The van der Waals surface area contributed by atoms with Crippen LogP contribution in [-0.2, 0) is 9.53 Å². The van der Waals surface area contributed by atoms with Crippen LogP contribution >= 0.6 is 15.9 Å². The minimum absolute atomic E-state index is 0.0164. The van der Waals surface area contributed by atoms with E-state index in [1.165, 1.54) is 6.34 Å². The Morgan fingerprint density at radius 2 is 2.20 bits per heavy atom. The number of aliphatic carboxylic acids is 1. The number of carbonyl (C=O) groups is 2. The summed E-state index contributed by atoms with van der Waals surface area (Å²) < 4.78 is 6.46. The van der Waals surface area contributed by atoms with Crippen LogP contribution in [0.4, 0.5) is 5.82 Å². The highest BCUT2D eigenvalue weighted by atomic mass is 79.9. The minimum Gasteiger partial charge on any atom is -0.481 e. The average molecular weight is 477 g/mol. The number of carboxylic acid groups (broad SMARTS) is 1. The Kier molecular flexibility index (Phi) is 7.38. The van der Waals surface area contributed by atoms with Crippen LogP contribution in [-0.4, -0.2) is 73.1 Å². The zero-order valence-corrected chi connectivity index (χ0v) is 18.6. The Bertz CT molecular complexity index is 963. The maximum absolute atomic E-state index is 12.8. The number of nitrogens with zero attached hydrogens (tertiary/aromatic N) is 4. The van der Waals surface area contributed by atoms with Crippen LogP contribution in [0.3, 0.4) is 0 Å². The number of hydrogen-bond acceptors (Lipinski definition) is 5. The normalized spacial score (nSPS) is 16.5. The molecule has 1 atom stereocenters. The van der Waals surface area contributed by atoms with E-state index < -0.39 is 5.97 Å². The molecule has 1 aromatic carbocycles. The molecule has 1 aliphatic rings. The van der Waals surface area contributed by atoms with E-state index in [9.17, 15) is 9.59 Å². The molecule has 1 saturated heterocycles. The van der Waals surface area contributed by atoms with Crippen LogP contribution in [0.5, 0.6) is 0 Å². The zero-order chi connectivity index (χ0) is 21.7. The molecular weight excluding hydrogens is 452 g/mol. The standard InChI is InChI=1S/C21H25BrN4O4/c1-25(2)13-23-21(29)17-11-19(24-18-10-14(22)5-6-16(17)18)26-8-3-4-15(26)12-30-9-7-20(27)28/h5-6,10-11,13,15H,3-4,7-9,12H2,1-2H3,(H,27,28)/t15-/m0/s1. The fraction of sp³-hybridized carbons (Fsp3) is 0.429. The smallest absolute Gasteiger partial charge is 0.305 e. The first-order valence-corrected chi connectivity index (χ1v) is 10.6. The lowest BCUT2D eigenvalue weighted by Gasteiger charge is -2.26. The molecular formula is C21H25BrN4O4. The van der Waals surface area contributed by atoms with Gasteiger partial charge < -0.3 is 19.6 Å². The molecule has 9 heteroatoms. The quantitative estimate of drug-likeness (QED) is 0.355. The topological polar surface area (TPSA) is 95.3 Å². The largest absolute Gasteiger partial charge is 0.481 e. The van der Waals surface area contributed by atoms with Gasteiger partial charge in [-0.25, -0.2) is 4.98 Å². The first-order chi connectivity index (χ1) is 14.3. The summed E-state index contributed by atoms with van der Waals surface area (Å²) in [4.78, 5) is 36.2. The fourth-order valence-corrected chi connectivity index (χ4v) is 3.79. The van der Waals surface area contributed by atoms with Gasteiger partial charge in [-0.1, -0.05) is 22.0 Å². The molecule has 8 nitrogen and oxygen atoms in total. The van der Waals surface area contributed by atoms with Crippen molar-refractivity contribution in [2.45, 2.75) is 25.3 Å². The van der Waals surface area contributed by atoms with Gasteiger partial charge in [-0.2, -0.15) is 4.99 Å². The molecule has 1 N–H and O–H groups in total. The summed E-state index contributed by atoms with van der Waals surface area (Å²) in [6, 6.07) is 7.51. The number of fused-ring (bicyclic) bond motifs is 1. The third-order valence-corrected chi connectivity index (χ3v) is 5.33. The number of carboxylic acids is 1. The average Bonchev–Trinajstić information content (AvgIpc) is 3.16. The third kappa shape index (κ3) is 5.54. The number of rotatable bonds is 8. The molecule has 2 aromatic rings. The van der Waals surface area contributed by atoms with Crippen LogP contribution in [0.15, 0.2) is 33.7 Å². The number of aliphatic imine (C=N–C) groups is 1. The molecule has 1 fully saturated rings. The molecule has 160 valence electrons. The first-order valence-electron chi connectivity index (χ1n) is 9.76. The van der Waals surface area contributed by atoms with Crippen molar-refractivity contribution in [3.8, 4) is 0 Å². The van der Waals surface area contributed by atoms with Crippen LogP contribution in [0, 0.1) is 0 Å². The number of amides is 1. The number of ether oxygens (including phenoxy) is 1. The maximum Gasteiger partial charge on any atom is 0.305 e. The first kappa shape index (κ1) is 22.2. The van der Waals surface area contributed by atoms with Gasteiger partial charge in [0.05, 0.1) is 43.1 Å². The number of pyridine rings is 1. The Labute approximate surface area is 183 Å². The van der Waals surface area contributed by atoms with Crippen molar-refractivity contribution in [1.82, 2.24) is 9.88 Å². The number of aromatic nitrogens is 1. The van der Waals surface area contributed by atoms with Gasteiger partial charge in [0.1, 0.15) is 5.82 Å². The predicted molar refractivity (Wildman–Crippen MR) is 119 cm³/mol. The summed E-state index contributed by atoms with van der Waals surface area (Å²) >= 11 is 3.47. The Hall–Kier alpha value is -2.52. The molecule has 3 rings (SSSR count). The molecule has 1 amide bonds. The molecule has 2 heterocycles. The van der Waals surface area contributed by atoms with E-state index in [0.717, 1.165) is 29.2 Å². The maximum atomic E-state index is 12.8. The van der Waals surface area contributed by atoms with Crippen molar-refractivity contribution in [1.29, 1.82) is 0 Å². The van der Waals surface area contributed by atoms with Crippen molar-refractivity contribution < 1.29 is 19.4 Å². The SMILES string of the molecule is CN(C)C=NC(=O)c1cc(N2CCC[C@H]2COCCC(=O)O)nc2cc(Br)ccc12. The van der Waals surface area contributed by atoms with E-state index in [4.69, 9.17) is 14.8 Å². The van der Waals surface area contributed by atoms with Gasteiger partial charge >= 0.3 is 5.97 Å². The molecule has 0 radical (unpaired) electrons. The predicted octanol–water partition coefficient (Wildman–Crippen LogP) is 3.19. The van der Waals surface area contributed by atoms with Gasteiger partial charge in [0.25, 0.3) is 5.91 Å². The summed E-state index contributed by atoms with van der Waals surface area (Å²) in [7, 11) is 3.62. The molecule has 1 aliphatic heterocycles. The number of halogens is 1. The second-order valence-electron chi connectivity index (χ2n) is 7.41. The Morgan fingerprint density at radius 1 is 1.40 bits per heavy atom. The monoisotopic (exact) mass is 476 g/mol. The summed E-state index contributed by atoms with van der Waals surface area (Å²) in [5.41, 5.74) is 1.21. The molecule has 0 bridgehead atoms. The lowest BCUT2D eigenvalue weighted by atomic mass is 10.1. The number of hydrogen-bond donors (Lipinski definition) is 1. The summed E-state index contributed by atoms with van der Waals surface area (Å²) in [5, 5.41) is 9.51. The van der Waals surface area contributed by atoms with Gasteiger partial charge in [0.2, 0.25) is 0 Å². The van der Waals surface area contributed by atoms with Crippen LogP contribution < -0.4 is 4.90 Å². The number of benzene rings is 1. The molecule has 1 aromatic heterocycles. The Morgan fingerprint density at radius 3 is 2.93 bits per heavy atom. The third-order valence-electron chi connectivity index (χ3n) is 4.84. The summed E-state index contributed by atoms with van der Waals surface area (Å²) in [6.07, 6.45) is 3.38. The Balaban J connectivity index is 1.91. The zero-order valence-electron chi connectivity index (χ0n) is 17.0. The number of anilines is 1. The van der Waals surface area contributed by atoms with E-state index in [0.29, 0.717) is 23.5 Å². The van der Waals surface area contributed by atoms with Crippen molar-refractivity contribution in [3.63, 3.8) is 0 Å². The van der Waals surface area contributed by atoms with Crippen molar-refractivity contribution in [3.05, 3.63) is 34.3 Å². The molecule has 0 unspecified atom stereocenters. The van der Waals surface area contributed by atoms with E-state index in [1.807, 2.05) is 32.3 Å². The molecule has 0 saturated carbocycles. The second-order valence-corrected chi connectivity index (χ2v) is 8.33. The molecule has 0 aliphatic carbocycles. The number of carbonyl (C=O) groups excluding carboxylic acids is 1. The second kappa shape index (κ2) is 9.99. The van der Waals surface area contributed by atoms with Crippen molar-refractivity contribution in [2.75, 3.05) is 38.8 Å². The summed E-state index contributed by atoms with van der Waals surface area (Å²) in [6.45, 7) is 1.41. The van der Waals surface area contributed by atoms with Gasteiger partial charge in [-0.15, -0.1) is 0 Å². The van der Waals surface area contributed by atoms with Crippen LogP contribution in [0.1, 0.15) is 29.6 Å². The van der Waals surface area contributed by atoms with Gasteiger partial charge in [-0.3, -0.25) is 9.59 Å². The highest BCUT2D eigenvalue weighted by Crippen LogP contribution is 2.30. The molecule has 0 spiro atoms. The van der Waals surface area contributed by atoms with E-state index in [2.05, 4.69) is 25.8 Å².